The van der Waals surface area contributed by atoms with Crippen LogP contribution in [0.2, 0.25) is 0 Å². The molecule has 19 heavy (non-hydrogen) atoms. The zero-order valence-electron chi connectivity index (χ0n) is 10.9. The van der Waals surface area contributed by atoms with Crippen LogP contribution in [0.15, 0.2) is 24.3 Å². The maximum Gasteiger partial charge on any atom is 0.227 e. The van der Waals surface area contributed by atoms with Gasteiger partial charge in [-0.15, -0.1) is 0 Å². The van der Waals surface area contributed by atoms with E-state index in [4.69, 9.17) is 0 Å². The van der Waals surface area contributed by atoms with E-state index in [0.29, 0.717) is 12.5 Å². The lowest BCUT2D eigenvalue weighted by atomic mass is 9.91. The summed E-state index contributed by atoms with van der Waals surface area (Å²) in [5.74, 6) is -0.0939. The molecule has 0 spiro atoms. The van der Waals surface area contributed by atoms with Crippen LogP contribution in [0.3, 0.4) is 0 Å². The molecule has 1 amide bonds. The summed E-state index contributed by atoms with van der Waals surface area (Å²) in [7, 11) is 0. The second-order valence-corrected chi connectivity index (χ2v) is 5.81. The fourth-order valence-corrected chi connectivity index (χ4v) is 2.57. The van der Waals surface area contributed by atoms with Gasteiger partial charge in [0.25, 0.3) is 0 Å². The van der Waals surface area contributed by atoms with Gasteiger partial charge in [-0.3, -0.25) is 4.79 Å². The Morgan fingerprint density at radius 1 is 1.32 bits per heavy atom. The molecule has 0 heterocycles. The van der Waals surface area contributed by atoms with Crippen LogP contribution >= 0.6 is 15.9 Å². The number of rotatable bonds is 6. The minimum Gasteiger partial charge on any atom is -0.339 e. The average molecular weight is 328 g/mol. The summed E-state index contributed by atoms with van der Waals surface area (Å²) >= 11 is 3.41. The van der Waals surface area contributed by atoms with Gasteiger partial charge >= 0.3 is 0 Å². The van der Waals surface area contributed by atoms with Crippen molar-refractivity contribution in [2.24, 2.45) is 0 Å². The van der Waals surface area contributed by atoms with E-state index in [0.717, 1.165) is 36.7 Å². The molecule has 1 aromatic carbocycles. The Bertz CT molecular complexity index is 417. The molecule has 4 heteroatoms. The first-order valence-corrected chi connectivity index (χ1v) is 7.92. The van der Waals surface area contributed by atoms with Gasteiger partial charge in [0.15, 0.2) is 0 Å². The number of carbonyl (C=O) groups is 1. The number of nitrogens with zero attached hydrogens (tertiary/aromatic N) is 1. The van der Waals surface area contributed by atoms with Gasteiger partial charge in [0, 0.05) is 17.9 Å². The summed E-state index contributed by atoms with van der Waals surface area (Å²) in [5.41, 5.74) is 0.884. The number of hydrogen-bond acceptors (Lipinski definition) is 1. The van der Waals surface area contributed by atoms with Crippen LogP contribution < -0.4 is 0 Å². The molecular formula is C15H19BrFNO. The van der Waals surface area contributed by atoms with Crippen LogP contribution in [-0.4, -0.2) is 28.7 Å². The lowest BCUT2D eigenvalue weighted by Gasteiger charge is -2.37. The van der Waals surface area contributed by atoms with E-state index < -0.39 is 0 Å². The molecule has 0 aliphatic heterocycles. The first-order valence-electron chi connectivity index (χ1n) is 6.80. The summed E-state index contributed by atoms with van der Waals surface area (Å²) in [5, 5.41) is 0.917. The maximum absolute atomic E-state index is 12.8. The normalized spacial score (nSPS) is 15.1. The number of alkyl halides is 1. The SMILES string of the molecule is O=C(Cc1ccc(F)cc1)N(CCCBr)C1CCC1. The molecule has 104 valence electrons. The minimum atomic E-state index is -0.258. The molecule has 1 aromatic rings. The van der Waals surface area contributed by atoms with E-state index in [1.807, 2.05) is 4.90 Å². The van der Waals surface area contributed by atoms with Crippen molar-refractivity contribution in [3.8, 4) is 0 Å². The van der Waals surface area contributed by atoms with E-state index in [9.17, 15) is 9.18 Å². The highest BCUT2D eigenvalue weighted by Gasteiger charge is 2.28. The monoisotopic (exact) mass is 327 g/mol. The van der Waals surface area contributed by atoms with Crippen molar-refractivity contribution < 1.29 is 9.18 Å². The molecular weight excluding hydrogens is 309 g/mol. The zero-order chi connectivity index (χ0) is 13.7. The van der Waals surface area contributed by atoms with Gasteiger partial charge in [-0.2, -0.15) is 0 Å². The first-order chi connectivity index (χ1) is 9.20. The summed E-state index contributed by atoms with van der Waals surface area (Å²) in [6.45, 7) is 0.815. The fourth-order valence-electron chi connectivity index (χ4n) is 2.32. The maximum atomic E-state index is 12.8. The molecule has 0 bridgehead atoms. The molecule has 1 fully saturated rings. The molecule has 0 atom stereocenters. The molecule has 0 radical (unpaired) electrons. The lowest BCUT2D eigenvalue weighted by molar-refractivity contribution is -0.134. The van der Waals surface area contributed by atoms with Gasteiger partial charge in [0.1, 0.15) is 5.82 Å². The highest BCUT2D eigenvalue weighted by molar-refractivity contribution is 9.09. The second-order valence-electron chi connectivity index (χ2n) is 5.02. The van der Waals surface area contributed by atoms with E-state index in [2.05, 4.69) is 15.9 Å². The minimum absolute atomic E-state index is 0.164. The second kappa shape index (κ2) is 7.04. The van der Waals surface area contributed by atoms with Crippen LogP contribution in [0.25, 0.3) is 0 Å². The Hall–Kier alpha value is -0.900. The third kappa shape index (κ3) is 4.03. The van der Waals surface area contributed by atoms with Gasteiger partial charge in [0.2, 0.25) is 5.91 Å². The predicted molar refractivity (Wildman–Crippen MR) is 77.9 cm³/mol. The average Bonchev–Trinajstić information content (AvgIpc) is 2.34. The molecule has 0 aromatic heterocycles. The standard InChI is InChI=1S/C15H19BrFNO/c16-9-2-10-18(14-3-1-4-14)15(19)11-12-5-7-13(17)8-6-12/h5-8,14H,1-4,9-11H2. The van der Waals surface area contributed by atoms with Crippen molar-refractivity contribution in [3.63, 3.8) is 0 Å². The summed E-state index contributed by atoms with van der Waals surface area (Å²) in [4.78, 5) is 14.4. The number of hydrogen-bond donors (Lipinski definition) is 0. The lowest BCUT2D eigenvalue weighted by Crippen LogP contribution is -2.45. The van der Waals surface area contributed by atoms with Crippen LogP contribution in [0.5, 0.6) is 0 Å². The van der Waals surface area contributed by atoms with Crippen LogP contribution in [0.1, 0.15) is 31.2 Å². The summed E-state index contributed by atoms with van der Waals surface area (Å²) in [6, 6.07) is 6.63. The quantitative estimate of drug-likeness (QED) is 0.732. The van der Waals surface area contributed by atoms with Crippen LogP contribution in [0, 0.1) is 5.82 Å². The van der Waals surface area contributed by atoms with Gasteiger partial charge in [0.05, 0.1) is 6.42 Å². The van der Waals surface area contributed by atoms with E-state index >= 15 is 0 Å². The van der Waals surface area contributed by atoms with Crippen molar-refractivity contribution in [2.75, 3.05) is 11.9 Å². The van der Waals surface area contributed by atoms with Crippen molar-refractivity contribution >= 4 is 21.8 Å². The molecule has 1 aliphatic rings. The van der Waals surface area contributed by atoms with Gasteiger partial charge in [-0.25, -0.2) is 4.39 Å². The molecule has 0 saturated heterocycles. The molecule has 2 nitrogen and oxygen atoms in total. The summed E-state index contributed by atoms with van der Waals surface area (Å²) in [6.07, 6.45) is 4.82. The topological polar surface area (TPSA) is 20.3 Å². The molecule has 1 saturated carbocycles. The number of benzene rings is 1. The highest BCUT2D eigenvalue weighted by atomic mass is 79.9. The van der Waals surface area contributed by atoms with Crippen LogP contribution in [-0.2, 0) is 11.2 Å². The van der Waals surface area contributed by atoms with E-state index in [-0.39, 0.29) is 11.7 Å². The van der Waals surface area contributed by atoms with Gasteiger partial charge in [-0.05, 0) is 43.4 Å². The van der Waals surface area contributed by atoms with Crippen molar-refractivity contribution in [1.82, 2.24) is 4.90 Å². The molecule has 0 N–H and O–H groups in total. The van der Waals surface area contributed by atoms with Crippen molar-refractivity contribution in [2.45, 2.75) is 38.1 Å². The molecule has 2 rings (SSSR count). The third-order valence-electron chi connectivity index (χ3n) is 3.64. The Labute approximate surface area is 122 Å². The highest BCUT2D eigenvalue weighted by Crippen LogP contribution is 2.25. The van der Waals surface area contributed by atoms with Crippen LogP contribution in [0.4, 0.5) is 4.39 Å². The Balaban J connectivity index is 1.96. The van der Waals surface area contributed by atoms with E-state index in [1.54, 1.807) is 12.1 Å². The first kappa shape index (κ1) is 14.5. The van der Waals surface area contributed by atoms with Gasteiger partial charge < -0.3 is 4.90 Å². The predicted octanol–water partition coefficient (Wildman–Crippen LogP) is 3.53. The van der Waals surface area contributed by atoms with Gasteiger partial charge in [-0.1, -0.05) is 28.1 Å². The molecule has 0 unspecified atom stereocenters. The molecule has 1 aliphatic carbocycles. The van der Waals surface area contributed by atoms with Crippen molar-refractivity contribution in [3.05, 3.63) is 35.6 Å². The van der Waals surface area contributed by atoms with E-state index in [1.165, 1.54) is 18.6 Å². The fraction of sp³-hybridized carbons (Fsp3) is 0.533. The summed E-state index contributed by atoms with van der Waals surface area (Å²) < 4.78 is 12.8. The Morgan fingerprint density at radius 3 is 2.53 bits per heavy atom. The van der Waals surface area contributed by atoms with Crippen molar-refractivity contribution in [1.29, 1.82) is 0 Å². The third-order valence-corrected chi connectivity index (χ3v) is 4.20. The number of halogens is 2. The zero-order valence-corrected chi connectivity index (χ0v) is 12.5. The largest absolute Gasteiger partial charge is 0.339 e. The Morgan fingerprint density at radius 2 is 2.00 bits per heavy atom. The Kier molecular flexibility index (Phi) is 5.37. The smallest absolute Gasteiger partial charge is 0.227 e. The number of amides is 1. The number of carbonyl (C=O) groups excluding carboxylic acids is 1.